The second-order valence-corrected chi connectivity index (χ2v) is 9.44. The van der Waals surface area contributed by atoms with Gasteiger partial charge in [-0.15, -0.1) is 0 Å². The Balaban J connectivity index is 1.45. The minimum absolute atomic E-state index is 0.210. The Labute approximate surface area is 209 Å². The van der Waals surface area contributed by atoms with Crippen LogP contribution in [0.5, 0.6) is 0 Å². The number of carboxylic acids is 1. The number of carbonyl (C=O) groups is 2. The number of fused-ring (bicyclic) bond motifs is 1. The van der Waals surface area contributed by atoms with Crippen molar-refractivity contribution in [3.63, 3.8) is 0 Å². The molecule has 3 heterocycles. The van der Waals surface area contributed by atoms with Crippen molar-refractivity contribution in [3.8, 4) is 11.5 Å². The van der Waals surface area contributed by atoms with Gasteiger partial charge in [-0.3, -0.25) is 14.0 Å². The molecule has 1 aromatic carbocycles. The van der Waals surface area contributed by atoms with E-state index in [1.54, 1.807) is 18.4 Å². The number of benzene rings is 1. The molecule has 0 radical (unpaired) electrons. The third kappa shape index (κ3) is 5.12. The van der Waals surface area contributed by atoms with Crippen LogP contribution in [0.4, 0.5) is 5.82 Å². The molecule has 3 N–H and O–H groups in total. The summed E-state index contributed by atoms with van der Waals surface area (Å²) in [4.78, 5) is 29.5. The van der Waals surface area contributed by atoms with E-state index in [2.05, 4.69) is 10.6 Å². The number of aliphatic carboxylic acids is 1. The molecule has 0 aliphatic heterocycles. The fourth-order valence-corrected chi connectivity index (χ4v) is 4.82. The van der Waals surface area contributed by atoms with Gasteiger partial charge in [0.2, 0.25) is 0 Å². The lowest BCUT2D eigenvalue weighted by Crippen LogP contribution is -2.30. The summed E-state index contributed by atoms with van der Waals surface area (Å²) < 4.78 is 7.60. The third-order valence-corrected chi connectivity index (χ3v) is 6.75. The van der Waals surface area contributed by atoms with Gasteiger partial charge < -0.3 is 20.2 Å². The summed E-state index contributed by atoms with van der Waals surface area (Å²) in [5, 5.41) is 16.0. The Morgan fingerprint density at radius 2 is 1.92 bits per heavy atom. The van der Waals surface area contributed by atoms with Gasteiger partial charge in [0.25, 0.3) is 5.91 Å². The minimum Gasteiger partial charge on any atom is -0.481 e. The van der Waals surface area contributed by atoms with Gasteiger partial charge in [-0.05, 0) is 49.6 Å². The summed E-state index contributed by atoms with van der Waals surface area (Å²) in [5.41, 5.74) is 3.53. The first-order valence-electron chi connectivity index (χ1n) is 12.4. The Morgan fingerprint density at radius 1 is 1.14 bits per heavy atom. The molecule has 1 aliphatic carbocycles. The number of hydrogen-bond acceptors (Lipinski definition) is 5. The maximum atomic E-state index is 13.2. The van der Waals surface area contributed by atoms with Crippen LogP contribution in [0.15, 0.2) is 65.4 Å². The highest BCUT2D eigenvalue weighted by atomic mass is 16.4. The summed E-state index contributed by atoms with van der Waals surface area (Å²) in [5.74, 6) is 0.172. The number of imidazole rings is 1. The number of aryl methyl sites for hydroxylation is 1. The van der Waals surface area contributed by atoms with Gasteiger partial charge >= 0.3 is 5.97 Å². The predicted octanol–water partition coefficient (Wildman–Crippen LogP) is 5.59. The molecule has 0 bridgehead atoms. The molecule has 8 heteroatoms. The maximum Gasteiger partial charge on any atom is 0.305 e. The van der Waals surface area contributed by atoms with Crippen LogP contribution in [-0.4, -0.2) is 32.4 Å². The monoisotopic (exact) mass is 486 g/mol. The van der Waals surface area contributed by atoms with Crippen molar-refractivity contribution < 1.29 is 19.1 Å². The highest BCUT2D eigenvalue weighted by Gasteiger charge is 2.23. The summed E-state index contributed by atoms with van der Waals surface area (Å²) in [6, 6.07) is 14.4. The molecule has 0 saturated heterocycles. The molecular weight excluding hydrogens is 456 g/mol. The lowest BCUT2D eigenvalue weighted by molar-refractivity contribution is -0.137. The van der Waals surface area contributed by atoms with Crippen molar-refractivity contribution in [2.45, 2.75) is 57.5 Å². The van der Waals surface area contributed by atoms with E-state index in [9.17, 15) is 14.7 Å². The van der Waals surface area contributed by atoms with Gasteiger partial charge in [-0.25, -0.2) is 4.98 Å². The summed E-state index contributed by atoms with van der Waals surface area (Å²) in [6.45, 7) is 1.96. The lowest BCUT2D eigenvalue weighted by atomic mass is 9.95. The number of anilines is 1. The Hall–Kier alpha value is -4.07. The number of hydrogen-bond donors (Lipinski definition) is 3. The first-order chi connectivity index (χ1) is 17.5. The highest BCUT2D eigenvalue weighted by molar-refractivity contribution is 5.96. The fraction of sp³-hybridized carbons (Fsp3) is 0.321. The molecule has 1 unspecified atom stereocenters. The van der Waals surface area contributed by atoms with Crippen molar-refractivity contribution in [1.29, 1.82) is 0 Å². The first-order valence-corrected chi connectivity index (χ1v) is 12.4. The molecule has 3 aromatic heterocycles. The minimum atomic E-state index is -0.980. The zero-order valence-electron chi connectivity index (χ0n) is 20.2. The van der Waals surface area contributed by atoms with Crippen LogP contribution in [0.3, 0.4) is 0 Å². The van der Waals surface area contributed by atoms with Gasteiger partial charge in [-0.2, -0.15) is 0 Å². The van der Waals surface area contributed by atoms with E-state index in [-0.39, 0.29) is 12.3 Å². The third-order valence-electron chi connectivity index (χ3n) is 6.75. The highest BCUT2D eigenvalue weighted by Crippen LogP contribution is 2.32. The topological polar surface area (TPSA) is 109 Å². The number of rotatable bonds is 8. The van der Waals surface area contributed by atoms with E-state index in [1.807, 2.05) is 53.9 Å². The molecule has 1 atom stereocenters. The zero-order valence-corrected chi connectivity index (χ0v) is 20.2. The quantitative estimate of drug-likeness (QED) is 0.299. The van der Waals surface area contributed by atoms with Crippen molar-refractivity contribution in [2.24, 2.45) is 0 Å². The van der Waals surface area contributed by atoms with E-state index in [0.29, 0.717) is 28.7 Å². The van der Waals surface area contributed by atoms with Gasteiger partial charge in [0, 0.05) is 17.8 Å². The van der Waals surface area contributed by atoms with Gasteiger partial charge in [0.05, 0.1) is 18.7 Å². The number of furan rings is 1. The molecule has 186 valence electrons. The lowest BCUT2D eigenvalue weighted by Gasteiger charge is -2.24. The predicted molar refractivity (Wildman–Crippen MR) is 137 cm³/mol. The summed E-state index contributed by atoms with van der Waals surface area (Å²) in [6.07, 6.45) is 9.12. The number of aromatic nitrogens is 2. The number of nitrogens with zero attached hydrogens (tertiary/aromatic N) is 2. The van der Waals surface area contributed by atoms with Gasteiger partial charge in [-0.1, -0.05) is 49.1 Å². The molecular formula is C28H30N4O4. The molecule has 1 saturated carbocycles. The summed E-state index contributed by atoms with van der Waals surface area (Å²) in [7, 11) is 0. The number of pyridine rings is 1. The molecule has 5 rings (SSSR count). The number of carbonyl (C=O) groups excluding carboxylic acids is 1. The van der Waals surface area contributed by atoms with Crippen LogP contribution in [0.2, 0.25) is 0 Å². The molecule has 4 aromatic rings. The molecule has 1 aliphatic rings. The van der Waals surface area contributed by atoms with Crippen molar-refractivity contribution in [2.75, 3.05) is 5.32 Å². The Bertz CT molecular complexity index is 1350. The SMILES string of the molecule is Cc1ccc(C(CC(=O)O)NC(=O)c2ccn3c(NC4CCCCC4)c(-c4ccco4)nc3c2)cc1. The van der Waals surface area contributed by atoms with Crippen LogP contribution in [0.1, 0.15) is 66.1 Å². The number of nitrogens with one attached hydrogen (secondary N) is 2. The van der Waals surface area contributed by atoms with Gasteiger partial charge in [0.15, 0.2) is 5.76 Å². The standard InChI is InChI=1S/C28H30N4O4/c1-18-9-11-19(12-10-18)22(17-25(33)34)30-28(35)20-13-14-32-24(16-20)31-26(23-8-5-15-36-23)27(32)29-21-6-3-2-4-7-21/h5,8-16,21-22,29H,2-4,6-7,17H2,1H3,(H,30,35)(H,33,34). The average Bonchev–Trinajstić information content (AvgIpc) is 3.52. The molecule has 1 fully saturated rings. The second kappa shape index (κ2) is 10.3. The van der Waals surface area contributed by atoms with Crippen LogP contribution in [-0.2, 0) is 4.79 Å². The van der Waals surface area contributed by atoms with Gasteiger partial charge in [0.1, 0.15) is 17.2 Å². The maximum absolute atomic E-state index is 13.2. The van der Waals surface area contributed by atoms with Crippen molar-refractivity contribution >= 4 is 23.3 Å². The van der Waals surface area contributed by atoms with E-state index < -0.39 is 12.0 Å². The van der Waals surface area contributed by atoms with Crippen LogP contribution in [0, 0.1) is 6.92 Å². The van der Waals surface area contributed by atoms with E-state index in [0.717, 1.165) is 29.8 Å². The van der Waals surface area contributed by atoms with Crippen molar-refractivity contribution in [1.82, 2.24) is 14.7 Å². The molecule has 8 nitrogen and oxygen atoms in total. The van der Waals surface area contributed by atoms with Crippen LogP contribution < -0.4 is 10.6 Å². The largest absolute Gasteiger partial charge is 0.481 e. The Kier molecular flexibility index (Phi) is 6.75. The summed E-state index contributed by atoms with van der Waals surface area (Å²) >= 11 is 0. The smallest absolute Gasteiger partial charge is 0.305 e. The first kappa shape index (κ1) is 23.7. The van der Waals surface area contributed by atoms with Crippen molar-refractivity contribution in [3.05, 3.63) is 77.7 Å². The second-order valence-electron chi connectivity index (χ2n) is 9.44. The average molecular weight is 487 g/mol. The Morgan fingerprint density at radius 3 is 2.61 bits per heavy atom. The molecule has 1 amide bonds. The van der Waals surface area contributed by atoms with E-state index in [4.69, 9.17) is 9.40 Å². The molecule has 0 spiro atoms. The van der Waals surface area contributed by atoms with Crippen LogP contribution >= 0.6 is 0 Å². The van der Waals surface area contributed by atoms with Crippen LogP contribution in [0.25, 0.3) is 17.1 Å². The van der Waals surface area contributed by atoms with E-state index in [1.165, 1.54) is 19.3 Å². The number of amides is 1. The molecule has 36 heavy (non-hydrogen) atoms. The normalized spacial score (nSPS) is 15.0. The van der Waals surface area contributed by atoms with E-state index >= 15 is 0 Å². The zero-order chi connectivity index (χ0) is 25.1. The number of carboxylic acid groups (broad SMARTS) is 1. The fourth-order valence-electron chi connectivity index (χ4n) is 4.82.